The van der Waals surface area contributed by atoms with Crippen molar-refractivity contribution in [3.05, 3.63) is 34.4 Å². The standard InChI is InChI=1S/C15H21N3O4/c16-9-1-2-15(19)17-10-7-14(8-11-17)22-13-5-3-12(4-6-13)18(20)21/h3-6,14H,1-2,7-11,16H2. The highest BCUT2D eigenvalue weighted by Crippen LogP contribution is 2.22. The number of ether oxygens (including phenoxy) is 1. The maximum atomic E-state index is 11.9. The lowest BCUT2D eigenvalue weighted by Gasteiger charge is -2.32. The number of rotatable bonds is 6. The van der Waals surface area contributed by atoms with Crippen LogP contribution in [0.4, 0.5) is 5.69 Å². The van der Waals surface area contributed by atoms with Gasteiger partial charge in [0.15, 0.2) is 0 Å². The molecule has 120 valence electrons. The average Bonchev–Trinajstić information content (AvgIpc) is 2.54. The van der Waals surface area contributed by atoms with E-state index in [4.69, 9.17) is 10.5 Å². The van der Waals surface area contributed by atoms with E-state index in [1.165, 1.54) is 12.1 Å². The Morgan fingerprint density at radius 3 is 2.50 bits per heavy atom. The van der Waals surface area contributed by atoms with E-state index >= 15 is 0 Å². The van der Waals surface area contributed by atoms with Gasteiger partial charge in [-0.05, 0) is 25.1 Å². The van der Waals surface area contributed by atoms with Crippen LogP contribution in [-0.2, 0) is 4.79 Å². The number of nitrogens with two attached hydrogens (primary N) is 1. The number of piperidine rings is 1. The van der Waals surface area contributed by atoms with Gasteiger partial charge in [-0.15, -0.1) is 0 Å². The number of carbonyl (C=O) groups is 1. The lowest BCUT2D eigenvalue weighted by Crippen LogP contribution is -2.41. The molecule has 0 radical (unpaired) electrons. The molecule has 7 nitrogen and oxygen atoms in total. The molecule has 1 aromatic rings. The number of carbonyl (C=O) groups excluding carboxylic acids is 1. The van der Waals surface area contributed by atoms with Gasteiger partial charge >= 0.3 is 0 Å². The first kappa shape index (κ1) is 16.2. The van der Waals surface area contributed by atoms with E-state index in [0.29, 0.717) is 31.8 Å². The van der Waals surface area contributed by atoms with Crippen LogP contribution in [0.15, 0.2) is 24.3 Å². The molecule has 22 heavy (non-hydrogen) atoms. The molecule has 2 rings (SSSR count). The number of nitrogens with zero attached hydrogens (tertiary/aromatic N) is 2. The van der Waals surface area contributed by atoms with Crippen LogP contribution in [-0.4, -0.2) is 41.5 Å². The summed E-state index contributed by atoms with van der Waals surface area (Å²) < 4.78 is 5.82. The minimum Gasteiger partial charge on any atom is -0.490 e. The van der Waals surface area contributed by atoms with Crippen molar-refractivity contribution in [3.8, 4) is 5.75 Å². The Balaban J connectivity index is 1.79. The summed E-state index contributed by atoms with van der Waals surface area (Å²) in [6.45, 7) is 1.90. The fourth-order valence-corrected chi connectivity index (χ4v) is 2.47. The number of nitro benzene ring substituents is 1. The Morgan fingerprint density at radius 1 is 1.32 bits per heavy atom. The molecule has 0 bridgehead atoms. The maximum absolute atomic E-state index is 11.9. The van der Waals surface area contributed by atoms with Gasteiger partial charge in [-0.2, -0.15) is 0 Å². The van der Waals surface area contributed by atoms with Crippen molar-refractivity contribution in [2.75, 3.05) is 19.6 Å². The van der Waals surface area contributed by atoms with Crippen LogP contribution in [0.3, 0.4) is 0 Å². The molecule has 1 heterocycles. The number of nitro groups is 1. The third kappa shape index (κ3) is 4.42. The predicted octanol–water partition coefficient (Wildman–Crippen LogP) is 1.70. The Labute approximate surface area is 129 Å². The smallest absolute Gasteiger partial charge is 0.269 e. The fraction of sp³-hybridized carbons (Fsp3) is 0.533. The molecule has 0 aliphatic carbocycles. The van der Waals surface area contributed by atoms with Crippen molar-refractivity contribution >= 4 is 11.6 Å². The van der Waals surface area contributed by atoms with Crippen molar-refractivity contribution in [3.63, 3.8) is 0 Å². The minimum atomic E-state index is -0.435. The van der Waals surface area contributed by atoms with E-state index in [2.05, 4.69) is 0 Å². The summed E-state index contributed by atoms with van der Waals surface area (Å²) in [4.78, 5) is 23.9. The molecule has 2 N–H and O–H groups in total. The third-order valence-corrected chi connectivity index (χ3v) is 3.74. The largest absolute Gasteiger partial charge is 0.490 e. The topological polar surface area (TPSA) is 98.7 Å². The average molecular weight is 307 g/mol. The summed E-state index contributed by atoms with van der Waals surface area (Å²) in [5.41, 5.74) is 5.46. The lowest BCUT2D eigenvalue weighted by molar-refractivity contribution is -0.384. The quantitative estimate of drug-likeness (QED) is 0.637. The van der Waals surface area contributed by atoms with Crippen LogP contribution in [0.25, 0.3) is 0 Å². The second-order valence-corrected chi connectivity index (χ2v) is 5.34. The fourth-order valence-electron chi connectivity index (χ4n) is 2.47. The molecule has 1 aromatic carbocycles. The Hall–Kier alpha value is -2.15. The molecule has 1 fully saturated rings. The van der Waals surface area contributed by atoms with E-state index in [-0.39, 0.29) is 17.7 Å². The second-order valence-electron chi connectivity index (χ2n) is 5.34. The number of non-ortho nitro benzene ring substituents is 1. The van der Waals surface area contributed by atoms with Gasteiger partial charge in [0.1, 0.15) is 11.9 Å². The molecule has 0 aromatic heterocycles. The SMILES string of the molecule is NCCCC(=O)N1CCC(Oc2ccc([N+](=O)[O-])cc2)CC1. The molecule has 1 saturated heterocycles. The Morgan fingerprint density at radius 2 is 1.95 bits per heavy atom. The van der Waals surface area contributed by atoms with Gasteiger partial charge in [0.25, 0.3) is 5.69 Å². The number of likely N-dealkylation sites (tertiary alicyclic amines) is 1. The second kappa shape index (κ2) is 7.74. The Bertz CT molecular complexity index is 510. The summed E-state index contributed by atoms with van der Waals surface area (Å²) >= 11 is 0. The highest BCUT2D eigenvalue weighted by Gasteiger charge is 2.23. The van der Waals surface area contributed by atoms with Crippen LogP contribution in [0, 0.1) is 10.1 Å². The summed E-state index contributed by atoms with van der Waals surface area (Å²) in [6, 6.07) is 6.08. The van der Waals surface area contributed by atoms with Crippen LogP contribution in [0.1, 0.15) is 25.7 Å². The monoisotopic (exact) mass is 307 g/mol. The zero-order valence-corrected chi connectivity index (χ0v) is 12.4. The normalized spacial score (nSPS) is 15.6. The maximum Gasteiger partial charge on any atom is 0.269 e. The molecular weight excluding hydrogens is 286 g/mol. The summed E-state index contributed by atoms with van der Waals surface area (Å²) in [5, 5.41) is 10.6. The number of benzene rings is 1. The number of amides is 1. The minimum absolute atomic E-state index is 0.0417. The molecular formula is C15H21N3O4. The van der Waals surface area contributed by atoms with Crippen LogP contribution in [0.2, 0.25) is 0 Å². The van der Waals surface area contributed by atoms with E-state index in [1.807, 2.05) is 4.90 Å². The van der Waals surface area contributed by atoms with Crippen molar-refractivity contribution in [1.29, 1.82) is 0 Å². The van der Waals surface area contributed by atoms with E-state index in [0.717, 1.165) is 19.3 Å². The Kier molecular flexibility index (Phi) is 5.71. The zero-order valence-electron chi connectivity index (χ0n) is 12.4. The van der Waals surface area contributed by atoms with Gasteiger partial charge in [0.05, 0.1) is 4.92 Å². The van der Waals surface area contributed by atoms with Gasteiger partial charge < -0.3 is 15.4 Å². The van der Waals surface area contributed by atoms with Crippen molar-refractivity contribution in [1.82, 2.24) is 4.90 Å². The highest BCUT2D eigenvalue weighted by atomic mass is 16.6. The summed E-state index contributed by atoms with van der Waals surface area (Å²) in [6.07, 6.45) is 2.80. The molecule has 0 saturated carbocycles. The van der Waals surface area contributed by atoms with Crippen molar-refractivity contribution in [2.45, 2.75) is 31.8 Å². The van der Waals surface area contributed by atoms with E-state index < -0.39 is 4.92 Å². The van der Waals surface area contributed by atoms with Gasteiger partial charge in [-0.1, -0.05) is 0 Å². The van der Waals surface area contributed by atoms with Crippen LogP contribution >= 0.6 is 0 Å². The van der Waals surface area contributed by atoms with Gasteiger partial charge in [0.2, 0.25) is 5.91 Å². The number of hydrogen-bond acceptors (Lipinski definition) is 5. The van der Waals surface area contributed by atoms with E-state index in [9.17, 15) is 14.9 Å². The summed E-state index contributed by atoms with van der Waals surface area (Å²) in [7, 11) is 0. The highest BCUT2D eigenvalue weighted by molar-refractivity contribution is 5.76. The molecule has 1 amide bonds. The number of hydrogen-bond donors (Lipinski definition) is 1. The molecule has 1 aliphatic heterocycles. The van der Waals surface area contributed by atoms with Crippen molar-refractivity contribution < 1.29 is 14.5 Å². The van der Waals surface area contributed by atoms with Crippen LogP contribution in [0.5, 0.6) is 5.75 Å². The molecule has 0 unspecified atom stereocenters. The van der Waals surface area contributed by atoms with Crippen LogP contribution < -0.4 is 10.5 Å². The summed E-state index contributed by atoms with van der Waals surface area (Å²) in [5.74, 6) is 0.776. The molecule has 0 atom stereocenters. The predicted molar refractivity (Wildman–Crippen MR) is 81.6 cm³/mol. The molecule has 1 aliphatic rings. The van der Waals surface area contributed by atoms with Gasteiger partial charge in [-0.3, -0.25) is 14.9 Å². The van der Waals surface area contributed by atoms with E-state index in [1.54, 1.807) is 12.1 Å². The zero-order chi connectivity index (χ0) is 15.9. The molecule has 7 heteroatoms. The van der Waals surface area contributed by atoms with Gasteiger partial charge in [-0.25, -0.2) is 0 Å². The first-order chi connectivity index (χ1) is 10.6. The lowest BCUT2D eigenvalue weighted by atomic mass is 10.1. The third-order valence-electron chi connectivity index (χ3n) is 3.74. The molecule has 0 spiro atoms. The first-order valence-electron chi connectivity index (χ1n) is 7.49. The van der Waals surface area contributed by atoms with Gasteiger partial charge in [0, 0.05) is 44.5 Å². The van der Waals surface area contributed by atoms with Crippen molar-refractivity contribution in [2.24, 2.45) is 5.73 Å². The first-order valence-corrected chi connectivity index (χ1v) is 7.49.